The van der Waals surface area contributed by atoms with Gasteiger partial charge in [0.2, 0.25) is 0 Å². The second-order valence-electron chi connectivity index (χ2n) is 5.26. The zero-order valence-corrected chi connectivity index (χ0v) is 12.1. The molecule has 1 aromatic rings. The maximum Gasteiger partial charge on any atom is 0.337 e. The molecule has 0 aromatic heterocycles. The summed E-state index contributed by atoms with van der Waals surface area (Å²) in [5, 5.41) is 9.03. The summed E-state index contributed by atoms with van der Waals surface area (Å²) < 4.78 is 9.59. The summed E-state index contributed by atoms with van der Waals surface area (Å²) in [5.74, 6) is -0.773. The molecule has 5 heteroatoms. The number of hydrogen-bond acceptors (Lipinski definition) is 5. The van der Waals surface area contributed by atoms with Crippen molar-refractivity contribution >= 4 is 11.9 Å². The number of nitriles is 1. The molecule has 1 aliphatic carbocycles. The lowest BCUT2D eigenvalue weighted by molar-refractivity contribution is -0.153. The number of ether oxygens (including phenoxy) is 2. The highest BCUT2D eigenvalue weighted by Crippen LogP contribution is 2.39. The monoisotopic (exact) mass is 287 g/mol. The Kier molecular flexibility index (Phi) is 4.27. The molecule has 0 bridgehead atoms. The van der Waals surface area contributed by atoms with E-state index in [1.807, 2.05) is 6.07 Å². The van der Waals surface area contributed by atoms with Crippen LogP contribution in [0.3, 0.4) is 0 Å². The van der Waals surface area contributed by atoms with Crippen LogP contribution in [-0.4, -0.2) is 26.2 Å². The number of hydrogen-bond donors (Lipinski definition) is 0. The summed E-state index contributed by atoms with van der Waals surface area (Å²) in [6, 6.07) is 7.43. The number of methoxy groups -OCH3 is 2. The third kappa shape index (κ3) is 2.75. The minimum absolute atomic E-state index is 0.113. The topological polar surface area (TPSA) is 76.4 Å². The summed E-state index contributed by atoms with van der Waals surface area (Å²) in [4.78, 5) is 23.7. The summed E-state index contributed by atoms with van der Waals surface area (Å²) in [6.07, 6.45) is 1.79. The maximum atomic E-state index is 12.1. The van der Waals surface area contributed by atoms with Crippen molar-refractivity contribution in [3.05, 3.63) is 34.9 Å². The van der Waals surface area contributed by atoms with E-state index in [-0.39, 0.29) is 12.4 Å². The lowest BCUT2D eigenvalue weighted by Crippen LogP contribution is -2.37. The molecule has 1 aliphatic rings. The van der Waals surface area contributed by atoms with E-state index < -0.39 is 11.4 Å². The predicted octanol–water partition coefficient (Wildman–Crippen LogP) is 2.03. The van der Waals surface area contributed by atoms with Crippen LogP contribution in [0.25, 0.3) is 0 Å². The highest BCUT2D eigenvalue weighted by Gasteiger charge is 2.42. The van der Waals surface area contributed by atoms with Crippen molar-refractivity contribution in [2.75, 3.05) is 14.2 Å². The van der Waals surface area contributed by atoms with Gasteiger partial charge in [-0.1, -0.05) is 6.07 Å². The molecule has 0 heterocycles. The number of carbonyl (C=O) groups is 2. The average Bonchev–Trinajstić information content (AvgIpc) is 2.52. The second kappa shape index (κ2) is 5.96. The van der Waals surface area contributed by atoms with E-state index in [0.29, 0.717) is 24.8 Å². The molecular weight excluding hydrogens is 270 g/mol. The molecule has 0 aliphatic heterocycles. The van der Waals surface area contributed by atoms with E-state index in [4.69, 9.17) is 14.7 Å². The van der Waals surface area contributed by atoms with Crippen LogP contribution in [0.2, 0.25) is 0 Å². The van der Waals surface area contributed by atoms with Crippen LogP contribution in [0.1, 0.15) is 34.3 Å². The van der Waals surface area contributed by atoms with Gasteiger partial charge in [0.25, 0.3) is 0 Å². The Morgan fingerprint density at radius 1 is 1.29 bits per heavy atom. The van der Waals surface area contributed by atoms with Gasteiger partial charge in [-0.15, -0.1) is 0 Å². The van der Waals surface area contributed by atoms with Gasteiger partial charge in [-0.05, 0) is 42.5 Å². The number of carbonyl (C=O) groups excluding carboxylic acids is 2. The third-order valence-electron chi connectivity index (χ3n) is 4.06. The average molecular weight is 287 g/mol. The van der Waals surface area contributed by atoms with Gasteiger partial charge < -0.3 is 9.47 Å². The predicted molar refractivity (Wildman–Crippen MR) is 74.5 cm³/mol. The van der Waals surface area contributed by atoms with Gasteiger partial charge in [0.05, 0.1) is 37.7 Å². The molecule has 0 spiro atoms. The Labute approximate surface area is 123 Å². The minimum Gasteiger partial charge on any atom is -0.469 e. The first-order chi connectivity index (χ1) is 10.1. The van der Waals surface area contributed by atoms with E-state index in [0.717, 1.165) is 11.1 Å². The summed E-state index contributed by atoms with van der Waals surface area (Å²) in [5.41, 5.74) is 1.64. The van der Waals surface area contributed by atoms with Gasteiger partial charge in [-0.25, -0.2) is 4.79 Å². The van der Waals surface area contributed by atoms with E-state index >= 15 is 0 Å². The molecule has 2 rings (SSSR count). The van der Waals surface area contributed by atoms with E-state index in [2.05, 4.69) is 6.07 Å². The molecule has 1 unspecified atom stereocenters. The second-order valence-corrected chi connectivity index (χ2v) is 5.26. The molecule has 110 valence electrons. The van der Waals surface area contributed by atoms with Crippen LogP contribution >= 0.6 is 0 Å². The van der Waals surface area contributed by atoms with Crippen molar-refractivity contribution in [1.29, 1.82) is 5.26 Å². The molecule has 0 N–H and O–H groups in total. The fourth-order valence-corrected chi connectivity index (χ4v) is 2.87. The molecule has 0 fully saturated rings. The molecular formula is C16H17NO4. The number of benzene rings is 1. The van der Waals surface area contributed by atoms with Gasteiger partial charge in [0.1, 0.15) is 0 Å². The van der Waals surface area contributed by atoms with Gasteiger partial charge in [0, 0.05) is 0 Å². The minimum atomic E-state index is -0.814. The van der Waals surface area contributed by atoms with Crippen LogP contribution in [-0.2, 0) is 27.1 Å². The van der Waals surface area contributed by atoms with Crippen LogP contribution in [0.4, 0.5) is 0 Å². The summed E-state index contributed by atoms with van der Waals surface area (Å²) in [6.45, 7) is 0. The van der Waals surface area contributed by atoms with Gasteiger partial charge in [-0.2, -0.15) is 5.26 Å². The highest BCUT2D eigenvalue weighted by atomic mass is 16.5. The molecule has 1 atom stereocenters. The summed E-state index contributed by atoms with van der Waals surface area (Å²) in [7, 11) is 2.66. The van der Waals surface area contributed by atoms with Crippen LogP contribution in [0, 0.1) is 16.7 Å². The summed E-state index contributed by atoms with van der Waals surface area (Å²) >= 11 is 0. The van der Waals surface area contributed by atoms with Crippen molar-refractivity contribution in [2.45, 2.75) is 25.7 Å². The molecule has 0 saturated carbocycles. The van der Waals surface area contributed by atoms with Crippen molar-refractivity contribution in [1.82, 2.24) is 0 Å². The zero-order chi connectivity index (χ0) is 15.5. The fourth-order valence-electron chi connectivity index (χ4n) is 2.87. The Morgan fingerprint density at radius 3 is 2.67 bits per heavy atom. The highest BCUT2D eigenvalue weighted by molar-refractivity contribution is 5.89. The van der Waals surface area contributed by atoms with Crippen molar-refractivity contribution in [3.63, 3.8) is 0 Å². The van der Waals surface area contributed by atoms with Crippen LogP contribution < -0.4 is 0 Å². The SMILES string of the molecule is COC(=O)c1ccc2c(c1)CC(CC#N)(C(=O)OC)CC2. The Bertz CT molecular complexity index is 617. The standard InChI is InChI=1S/C16H17NO4/c1-20-14(18)12-4-3-11-5-6-16(7-8-17,15(19)21-2)10-13(11)9-12/h3-4,9H,5-7,10H2,1-2H3. The lowest BCUT2D eigenvalue weighted by atomic mass is 9.69. The normalized spacial score (nSPS) is 20.0. The number of fused-ring (bicyclic) bond motifs is 1. The smallest absolute Gasteiger partial charge is 0.337 e. The van der Waals surface area contributed by atoms with E-state index in [1.54, 1.807) is 12.1 Å². The molecule has 21 heavy (non-hydrogen) atoms. The van der Waals surface area contributed by atoms with E-state index in [9.17, 15) is 9.59 Å². The molecule has 1 aromatic carbocycles. The molecule has 5 nitrogen and oxygen atoms in total. The number of nitrogens with zero attached hydrogens (tertiary/aromatic N) is 1. The maximum absolute atomic E-state index is 12.1. The van der Waals surface area contributed by atoms with Crippen LogP contribution in [0.5, 0.6) is 0 Å². The van der Waals surface area contributed by atoms with Crippen molar-refractivity contribution in [3.8, 4) is 6.07 Å². The van der Waals surface area contributed by atoms with Gasteiger partial charge in [-0.3, -0.25) is 4.79 Å². The lowest BCUT2D eigenvalue weighted by Gasteiger charge is -2.34. The van der Waals surface area contributed by atoms with Gasteiger partial charge in [0.15, 0.2) is 0 Å². The van der Waals surface area contributed by atoms with E-state index in [1.165, 1.54) is 14.2 Å². The molecule has 0 amide bonds. The largest absolute Gasteiger partial charge is 0.469 e. The zero-order valence-electron chi connectivity index (χ0n) is 12.1. The quantitative estimate of drug-likeness (QED) is 0.795. The first kappa shape index (κ1) is 15.0. The third-order valence-corrected chi connectivity index (χ3v) is 4.06. The van der Waals surface area contributed by atoms with Crippen LogP contribution in [0.15, 0.2) is 18.2 Å². The van der Waals surface area contributed by atoms with Crippen molar-refractivity contribution < 1.29 is 19.1 Å². The first-order valence-electron chi connectivity index (χ1n) is 6.72. The molecule has 0 radical (unpaired) electrons. The first-order valence-corrected chi connectivity index (χ1v) is 6.72. The fraction of sp³-hybridized carbons (Fsp3) is 0.438. The number of rotatable bonds is 3. The molecule has 0 saturated heterocycles. The van der Waals surface area contributed by atoms with Crippen molar-refractivity contribution in [2.24, 2.45) is 5.41 Å². The Morgan fingerprint density at radius 2 is 2.05 bits per heavy atom. The van der Waals surface area contributed by atoms with Gasteiger partial charge >= 0.3 is 11.9 Å². The Balaban J connectivity index is 2.39. The number of esters is 2. The Hall–Kier alpha value is -2.35. The number of aryl methyl sites for hydroxylation is 1.